The van der Waals surface area contributed by atoms with Gasteiger partial charge in [0.2, 0.25) is 15.9 Å². The molecular formula is C21H27N3O5S. The highest BCUT2D eigenvalue weighted by molar-refractivity contribution is 7.89. The van der Waals surface area contributed by atoms with Crippen LogP contribution in [0.15, 0.2) is 52.0 Å². The lowest BCUT2D eigenvalue weighted by molar-refractivity contribution is -0.116. The van der Waals surface area contributed by atoms with Gasteiger partial charge in [0.05, 0.1) is 11.2 Å². The van der Waals surface area contributed by atoms with Crippen molar-refractivity contribution < 1.29 is 22.4 Å². The van der Waals surface area contributed by atoms with Crippen molar-refractivity contribution in [1.29, 1.82) is 0 Å². The molecule has 0 bridgehead atoms. The number of furan rings is 1. The molecule has 0 aliphatic carbocycles. The van der Waals surface area contributed by atoms with Crippen molar-refractivity contribution >= 4 is 27.5 Å². The summed E-state index contributed by atoms with van der Waals surface area (Å²) in [7, 11) is -3.51. The molecule has 2 aromatic rings. The number of carbonyl (C=O) groups excluding carboxylic acids is 2. The second-order valence-electron chi connectivity index (χ2n) is 7.52. The molecule has 8 nitrogen and oxygen atoms in total. The first-order valence-electron chi connectivity index (χ1n) is 10.1. The number of nitrogens with zero attached hydrogens (tertiary/aromatic N) is 1. The maximum Gasteiger partial charge on any atom is 0.286 e. The van der Waals surface area contributed by atoms with Gasteiger partial charge in [0.15, 0.2) is 5.76 Å². The maximum atomic E-state index is 12.8. The summed E-state index contributed by atoms with van der Waals surface area (Å²) in [6.45, 7) is 3.49. The summed E-state index contributed by atoms with van der Waals surface area (Å²) in [5, 5.41) is 5.42. The van der Waals surface area contributed by atoms with Crippen LogP contribution in [0.2, 0.25) is 0 Å². The zero-order valence-electron chi connectivity index (χ0n) is 17.0. The van der Waals surface area contributed by atoms with Gasteiger partial charge in [-0.3, -0.25) is 9.59 Å². The van der Waals surface area contributed by atoms with Crippen LogP contribution in [-0.2, 0) is 14.8 Å². The number of rotatable bonds is 8. The number of benzene rings is 1. The van der Waals surface area contributed by atoms with Gasteiger partial charge < -0.3 is 15.1 Å². The fraction of sp³-hybridized carbons (Fsp3) is 0.429. The van der Waals surface area contributed by atoms with E-state index in [4.69, 9.17) is 4.42 Å². The zero-order valence-corrected chi connectivity index (χ0v) is 17.8. The number of anilines is 1. The fourth-order valence-corrected chi connectivity index (χ4v) is 4.99. The molecule has 0 unspecified atom stereocenters. The number of amides is 2. The summed E-state index contributed by atoms with van der Waals surface area (Å²) in [6, 6.07) is 9.43. The molecule has 3 rings (SSSR count). The molecular weight excluding hydrogens is 406 g/mol. The van der Waals surface area contributed by atoms with Gasteiger partial charge in [0.25, 0.3) is 5.91 Å². The van der Waals surface area contributed by atoms with Crippen LogP contribution in [0.4, 0.5) is 5.69 Å². The van der Waals surface area contributed by atoms with Crippen LogP contribution in [0.1, 0.15) is 43.2 Å². The lowest BCUT2D eigenvalue weighted by Crippen LogP contribution is -2.39. The molecule has 1 aromatic carbocycles. The summed E-state index contributed by atoms with van der Waals surface area (Å²) in [6.07, 6.45) is 4.04. The molecule has 1 atom stereocenters. The van der Waals surface area contributed by atoms with E-state index in [1.165, 1.54) is 22.7 Å². The Labute approximate surface area is 176 Å². The van der Waals surface area contributed by atoms with Crippen molar-refractivity contribution in [2.75, 3.05) is 25.0 Å². The number of piperidine rings is 1. The quantitative estimate of drug-likeness (QED) is 0.622. The van der Waals surface area contributed by atoms with E-state index in [1.54, 1.807) is 24.3 Å². The molecule has 162 valence electrons. The standard InChI is InChI=1S/C21H27N3O5S/c1-16-5-3-13-24(15-16)30(27,28)18-10-8-17(9-11-18)23-20(25)7-2-12-22-21(26)19-6-4-14-29-19/h4,6,8-11,14,16H,2-3,5,7,12-13,15H2,1H3,(H,22,26)(H,23,25)/t16-/m0/s1. The lowest BCUT2D eigenvalue weighted by Gasteiger charge is -2.30. The number of hydrogen-bond acceptors (Lipinski definition) is 5. The van der Waals surface area contributed by atoms with Crippen LogP contribution in [0.5, 0.6) is 0 Å². The number of sulfonamides is 1. The van der Waals surface area contributed by atoms with Crippen LogP contribution in [-0.4, -0.2) is 44.2 Å². The zero-order chi connectivity index (χ0) is 21.6. The van der Waals surface area contributed by atoms with E-state index in [9.17, 15) is 18.0 Å². The summed E-state index contributed by atoms with van der Waals surface area (Å²) < 4.78 is 32.1. The Hall–Kier alpha value is -2.65. The molecule has 0 radical (unpaired) electrons. The Kier molecular flexibility index (Phi) is 7.28. The number of hydrogen-bond donors (Lipinski definition) is 2. The minimum Gasteiger partial charge on any atom is -0.459 e. The average molecular weight is 434 g/mol. The second kappa shape index (κ2) is 9.90. The molecule has 2 N–H and O–H groups in total. The molecule has 1 aromatic heterocycles. The van der Waals surface area contributed by atoms with Crippen LogP contribution in [0, 0.1) is 5.92 Å². The largest absolute Gasteiger partial charge is 0.459 e. The Morgan fingerprint density at radius 2 is 1.97 bits per heavy atom. The van der Waals surface area contributed by atoms with Gasteiger partial charge in [-0.2, -0.15) is 4.31 Å². The van der Waals surface area contributed by atoms with Crippen LogP contribution < -0.4 is 10.6 Å². The molecule has 9 heteroatoms. The van der Waals surface area contributed by atoms with Crippen molar-refractivity contribution in [2.24, 2.45) is 5.92 Å². The molecule has 1 saturated heterocycles. The predicted octanol–water partition coefficient (Wildman–Crippen LogP) is 2.85. The van der Waals surface area contributed by atoms with E-state index in [1.807, 2.05) is 0 Å². The van der Waals surface area contributed by atoms with Gasteiger partial charge in [0.1, 0.15) is 0 Å². The van der Waals surface area contributed by atoms with E-state index >= 15 is 0 Å². The third-order valence-electron chi connectivity index (χ3n) is 5.01. The maximum absolute atomic E-state index is 12.8. The van der Waals surface area contributed by atoms with Gasteiger partial charge in [-0.1, -0.05) is 6.92 Å². The Morgan fingerprint density at radius 3 is 2.63 bits per heavy atom. The molecule has 1 aliphatic heterocycles. The summed E-state index contributed by atoms with van der Waals surface area (Å²) in [4.78, 5) is 24.0. The first kappa shape index (κ1) is 22.0. The summed E-state index contributed by atoms with van der Waals surface area (Å²) in [5.74, 6) is 0.0625. The second-order valence-corrected chi connectivity index (χ2v) is 9.46. The molecule has 0 saturated carbocycles. The lowest BCUT2D eigenvalue weighted by atomic mass is 10.0. The summed E-state index contributed by atoms with van der Waals surface area (Å²) in [5.41, 5.74) is 0.533. The normalized spacial score (nSPS) is 17.4. The first-order chi connectivity index (χ1) is 14.4. The van der Waals surface area contributed by atoms with Crippen molar-refractivity contribution in [3.63, 3.8) is 0 Å². The van der Waals surface area contributed by atoms with Crippen molar-refractivity contribution in [3.8, 4) is 0 Å². The summed E-state index contributed by atoms with van der Waals surface area (Å²) >= 11 is 0. The van der Waals surface area contributed by atoms with Crippen molar-refractivity contribution in [3.05, 3.63) is 48.4 Å². The first-order valence-corrected chi connectivity index (χ1v) is 11.5. The SMILES string of the molecule is C[C@H]1CCCN(S(=O)(=O)c2ccc(NC(=O)CCCNC(=O)c3ccco3)cc2)C1. The molecule has 2 amide bonds. The number of carbonyl (C=O) groups is 2. The third kappa shape index (κ3) is 5.70. The van der Waals surface area contributed by atoms with E-state index in [0.717, 1.165) is 12.8 Å². The highest BCUT2D eigenvalue weighted by Gasteiger charge is 2.28. The molecule has 1 aliphatic rings. The van der Waals surface area contributed by atoms with E-state index in [-0.39, 0.29) is 28.9 Å². The van der Waals surface area contributed by atoms with Gasteiger partial charge in [0, 0.05) is 31.7 Å². The minimum absolute atomic E-state index is 0.206. The van der Waals surface area contributed by atoms with Crippen LogP contribution in [0.25, 0.3) is 0 Å². The Balaban J connectivity index is 1.45. The smallest absolute Gasteiger partial charge is 0.286 e. The minimum atomic E-state index is -3.51. The van der Waals surface area contributed by atoms with Crippen LogP contribution in [0.3, 0.4) is 0 Å². The van der Waals surface area contributed by atoms with E-state index < -0.39 is 10.0 Å². The van der Waals surface area contributed by atoms with Gasteiger partial charge in [-0.25, -0.2) is 8.42 Å². The molecule has 30 heavy (non-hydrogen) atoms. The fourth-order valence-electron chi connectivity index (χ4n) is 3.39. The topological polar surface area (TPSA) is 109 Å². The Morgan fingerprint density at radius 1 is 1.20 bits per heavy atom. The van der Waals surface area contributed by atoms with E-state index in [2.05, 4.69) is 17.6 Å². The van der Waals surface area contributed by atoms with Gasteiger partial charge in [-0.15, -0.1) is 0 Å². The van der Waals surface area contributed by atoms with Gasteiger partial charge >= 0.3 is 0 Å². The molecule has 0 spiro atoms. The highest BCUT2D eigenvalue weighted by Crippen LogP contribution is 2.24. The van der Waals surface area contributed by atoms with Crippen molar-refractivity contribution in [1.82, 2.24) is 9.62 Å². The third-order valence-corrected chi connectivity index (χ3v) is 6.89. The Bertz CT molecular complexity index is 955. The van der Waals surface area contributed by atoms with Gasteiger partial charge in [-0.05, 0) is 61.6 Å². The number of nitrogens with one attached hydrogen (secondary N) is 2. The molecule has 2 heterocycles. The van der Waals surface area contributed by atoms with E-state index in [0.29, 0.717) is 37.7 Å². The van der Waals surface area contributed by atoms with Crippen molar-refractivity contribution in [2.45, 2.75) is 37.5 Å². The van der Waals surface area contributed by atoms with Crippen LogP contribution >= 0.6 is 0 Å². The average Bonchev–Trinajstić information content (AvgIpc) is 3.26. The highest BCUT2D eigenvalue weighted by atomic mass is 32.2. The monoisotopic (exact) mass is 433 g/mol. The predicted molar refractivity (Wildman–Crippen MR) is 113 cm³/mol. The molecule has 1 fully saturated rings.